The summed E-state index contributed by atoms with van der Waals surface area (Å²) in [5, 5.41) is 37.4. The summed E-state index contributed by atoms with van der Waals surface area (Å²) in [6.45, 7) is 4.96. The normalized spacial score (nSPS) is 15.2. The standard InChI is InChI=1S/C24H29NO7/c1-12(2)18-9-15(32-11-21(28)20(27)10-26)5-7-16(18)23(29)22-13(3)25-19-8-14(24(30)31)4-6-17(19)22/h5,7-9,12,20-21,25-28H,4,6,10-11H2,1-3H3,(H,30,31)/t20?,21-/m1/s1. The van der Waals surface area contributed by atoms with Crippen molar-refractivity contribution < 1.29 is 34.8 Å². The SMILES string of the molecule is Cc1[nH]c2c(c1C(=O)c1ccc(OC[C@@H](O)C(O)CO)cc1C(C)C)CCC(C(=O)O)=C2. The Kier molecular flexibility index (Phi) is 7.18. The highest BCUT2D eigenvalue weighted by molar-refractivity contribution is 6.12. The maximum Gasteiger partial charge on any atom is 0.331 e. The summed E-state index contributed by atoms with van der Waals surface area (Å²) in [6, 6.07) is 5.06. The number of aryl methyl sites for hydroxylation is 1. The number of aliphatic hydroxyl groups excluding tert-OH is 3. The lowest BCUT2D eigenvalue weighted by Crippen LogP contribution is -2.34. The van der Waals surface area contributed by atoms with E-state index >= 15 is 0 Å². The van der Waals surface area contributed by atoms with Crippen molar-refractivity contribution in [1.29, 1.82) is 0 Å². The van der Waals surface area contributed by atoms with Crippen LogP contribution in [0.5, 0.6) is 5.75 Å². The zero-order chi connectivity index (χ0) is 23.6. The van der Waals surface area contributed by atoms with Gasteiger partial charge in [-0.3, -0.25) is 4.79 Å². The van der Waals surface area contributed by atoms with Gasteiger partial charge in [0.2, 0.25) is 0 Å². The van der Waals surface area contributed by atoms with Crippen molar-refractivity contribution in [3.63, 3.8) is 0 Å². The number of hydrogen-bond acceptors (Lipinski definition) is 6. The van der Waals surface area contributed by atoms with Crippen molar-refractivity contribution >= 4 is 17.8 Å². The molecule has 0 bridgehead atoms. The smallest absolute Gasteiger partial charge is 0.331 e. The second kappa shape index (κ2) is 9.68. The van der Waals surface area contributed by atoms with Gasteiger partial charge in [-0.05, 0) is 61.1 Å². The molecule has 0 saturated carbocycles. The number of carbonyl (C=O) groups excluding carboxylic acids is 1. The second-order valence-corrected chi connectivity index (χ2v) is 8.35. The molecule has 2 atom stereocenters. The average Bonchev–Trinajstić information content (AvgIpc) is 3.10. The summed E-state index contributed by atoms with van der Waals surface area (Å²) in [7, 11) is 0. The number of carboxylic acids is 1. The first kappa shape index (κ1) is 23.7. The minimum Gasteiger partial charge on any atom is -0.491 e. The van der Waals surface area contributed by atoms with Crippen molar-refractivity contribution in [3.05, 3.63) is 57.4 Å². The zero-order valence-electron chi connectivity index (χ0n) is 18.4. The van der Waals surface area contributed by atoms with Gasteiger partial charge in [0.15, 0.2) is 5.78 Å². The lowest BCUT2D eigenvalue weighted by atomic mass is 9.87. The molecule has 0 saturated heterocycles. The molecule has 8 heteroatoms. The van der Waals surface area contributed by atoms with Gasteiger partial charge in [0.1, 0.15) is 24.6 Å². The van der Waals surface area contributed by atoms with Crippen LogP contribution in [0.15, 0.2) is 23.8 Å². The van der Waals surface area contributed by atoms with Crippen LogP contribution >= 0.6 is 0 Å². The van der Waals surface area contributed by atoms with E-state index in [1.807, 2.05) is 13.8 Å². The number of H-pyrrole nitrogens is 1. The molecule has 0 radical (unpaired) electrons. The van der Waals surface area contributed by atoms with Crippen LogP contribution in [-0.4, -0.2) is 62.6 Å². The Balaban J connectivity index is 1.92. The Morgan fingerprint density at radius 1 is 1.16 bits per heavy atom. The minimum atomic E-state index is -1.29. The highest BCUT2D eigenvalue weighted by Gasteiger charge is 2.27. The van der Waals surface area contributed by atoms with Gasteiger partial charge in [0.25, 0.3) is 0 Å². The van der Waals surface area contributed by atoms with Crippen LogP contribution in [0.4, 0.5) is 0 Å². The third-order valence-corrected chi connectivity index (χ3v) is 5.73. The number of aromatic nitrogens is 1. The van der Waals surface area contributed by atoms with Crippen LogP contribution in [0, 0.1) is 6.92 Å². The van der Waals surface area contributed by atoms with Crippen LogP contribution in [0.2, 0.25) is 0 Å². The topological polar surface area (TPSA) is 140 Å². The molecule has 32 heavy (non-hydrogen) atoms. The number of hydrogen-bond donors (Lipinski definition) is 5. The fraction of sp³-hybridized carbons (Fsp3) is 0.417. The van der Waals surface area contributed by atoms with Gasteiger partial charge < -0.3 is 30.1 Å². The fourth-order valence-corrected chi connectivity index (χ4v) is 3.93. The Labute approximate surface area is 186 Å². The molecular weight excluding hydrogens is 414 g/mol. The molecule has 0 amide bonds. The third-order valence-electron chi connectivity index (χ3n) is 5.73. The zero-order valence-corrected chi connectivity index (χ0v) is 18.4. The first-order valence-electron chi connectivity index (χ1n) is 10.6. The van der Waals surface area contributed by atoms with Crippen LogP contribution in [0.3, 0.4) is 0 Å². The molecule has 0 aliphatic heterocycles. The van der Waals surface area contributed by atoms with E-state index in [4.69, 9.17) is 9.84 Å². The fourth-order valence-electron chi connectivity index (χ4n) is 3.93. The Hall–Kier alpha value is -2.94. The molecule has 3 rings (SSSR count). The van der Waals surface area contributed by atoms with Gasteiger partial charge in [-0.15, -0.1) is 0 Å². The van der Waals surface area contributed by atoms with E-state index in [1.54, 1.807) is 31.2 Å². The number of aromatic amines is 1. The van der Waals surface area contributed by atoms with Crippen molar-refractivity contribution in [2.75, 3.05) is 13.2 Å². The first-order valence-corrected chi connectivity index (χ1v) is 10.6. The van der Waals surface area contributed by atoms with Gasteiger partial charge in [-0.25, -0.2) is 4.79 Å². The van der Waals surface area contributed by atoms with Crippen LogP contribution in [-0.2, 0) is 11.2 Å². The molecular formula is C24H29NO7. The quantitative estimate of drug-likeness (QED) is 0.374. The summed E-state index contributed by atoms with van der Waals surface area (Å²) < 4.78 is 5.55. The van der Waals surface area contributed by atoms with Crippen LogP contribution in [0.25, 0.3) is 6.08 Å². The minimum absolute atomic E-state index is 0.0130. The van der Waals surface area contributed by atoms with E-state index in [2.05, 4.69) is 4.98 Å². The van der Waals surface area contributed by atoms with Crippen molar-refractivity contribution in [3.8, 4) is 5.75 Å². The molecule has 2 aromatic rings. The van der Waals surface area contributed by atoms with Gasteiger partial charge in [0, 0.05) is 28.1 Å². The number of carboxylic acid groups (broad SMARTS) is 1. The number of ketones is 1. The van der Waals surface area contributed by atoms with E-state index in [0.717, 1.165) is 11.1 Å². The molecule has 8 nitrogen and oxygen atoms in total. The largest absolute Gasteiger partial charge is 0.491 e. The number of rotatable bonds is 9. The first-order chi connectivity index (χ1) is 15.1. The van der Waals surface area contributed by atoms with Crippen LogP contribution in [0.1, 0.15) is 64.6 Å². The number of aliphatic carboxylic acids is 1. The number of fused-ring (bicyclic) bond motifs is 1. The van der Waals surface area contributed by atoms with E-state index < -0.39 is 24.8 Å². The highest BCUT2D eigenvalue weighted by Crippen LogP contribution is 2.33. The molecule has 1 aromatic carbocycles. The monoisotopic (exact) mass is 443 g/mol. The van der Waals surface area contributed by atoms with Crippen molar-refractivity contribution in [2.45, 2.75) is 51.7 Å². The van der Waals surface area contributed by atoms with Gasteiger partial charge in [-0.2, -0.15) is 0 Å². The molecule has 172 valence electrons. The van der Waals surface area contributed by atoms with Gasteiger partial charge in [0.05, 0.1) is 6.61 Å². The van der Waals surface area contributed by atoms with E-state index in [1.165, 1.54) is 0 Å². The lowest BCUT2D eigenvalue weighted by Gasteiger charge is -2.19. The maximum absolute atomic E-state index is 13.5. The van der Waals surface area contributed by atoms with E-state index in [9.17, 15) is 24.9 Å². The van der Waals surface area contributed by atoms with Crippen molar-refractivity contribution in [2.24, 2.45) is 0 Å². The molecule has 1 aliphatic carbocycles. The Morgan fingerprint density at radius 3 is 2.50 bits per heavy atom. The molecule has 5 N–H and O–H groups in total. The second-order valence-electron chi connectivity index (χ2n) is 8.35. The Morgan fingerprint density at radius 2 is 1.88 bits per heavy atom. The van der Waals surface area contributed by atoms with Gasteiger partial charge >= 0.3 is 5.97 Å². The predicted octanol–water partition coefficient (Wildman–Crippen LogP) is 2.18. The number of carbonyl (C=O) groups is 2. The molecule has 1 heterocycles. The molecule has 0 spiro atoms. The Bertz CT molecular complexity index is 1050. The molecule has 0 fully saturated rings. The lowest BCUT2D eigenvalue weighted by molar-refractivity contribution is -0.132. The van der Waals surface area contributed by atoms with Crippen molar-refractivity contribution in [1.82, 2.24) is 4.98 Å². The summed E-state index contributed by atoms with van der Waals surface area (Å²) in [5.74, 6) is -0.640. The maximum atomic E-state index is 13.5. The summed E-state index contributed by atoms with van der Waals surface area (Å²) in [4.78, 5) is 28.0. The molecule has 1 unspecified atom stereocenters. The summed E-state index contributed by atoms with van der Waals surface area (Å²) in [6.07, 6.45) is -0.0916. The van der Waals surface area contributed by atoms with Crippen LogP contribution < -0.4 is 4.74 Å². The summed E-state index contributed by atoms with van der Waals surface area (Å²) >= 11 is 0. The van der Waals surface area contributed by atoms with Gasteiger partial charge in [-0.1, -0.05) is 13.8 Å². The predicted molar refractivity (Wildman–Crippen MR) is 118 cm³/mol. The number of ether oxygens (including phenoxy) is 1. The third kappa shape index (κ3) is 4.77. The van der Waals surface area contributed by atoms with E-state index in [0.29, 0.717) is 46.7 Å². The average molecular weight is 443 g/mol. The highest BCUT2D eigenvalue weighted by atomic mass is 16.5. The summed E-state index contributed by atoms with van der Waals surface area (Å²) in [5.41, 5.74) is 4.37. The number of nitrogens with one attached hydrogen (secondary N) is 1. The molecule has 1 aromatic heterocycles. The number of aliphatic hydroxyl groups is 3. The molecule has 1 aliphatic rings. The number of benzene rings is 1. The van der Waals surface area contributed by atoms with E-state index in [-0.39, 0.29) is 18.3 Å².